The molecule has 1 aromatic heterocycles. The fraction of sp³-hybridized carbons (Fsp3) is 0.333. The zero-order valence-electron chi connectivity index (χ0n) is 13.8. The topological polar surface area (TPSA) is 108 Å². The number of piperazine rings is 1. The highest BCUT2D eigenvalue weighted by Gasteiger charge is 2.23. The van der Waals surface area contributed by atoms with Gasteiger partial charge in [0.2, 0.25) is 0 Å². The molecule has 2 aromatic rings. The van der Waals surface area contributed by atoms with Gasteiger partial charge in [-0.3, -0.25) is 4.79 Å². The quantitative estimate of drug-likeness (QED) is 0.659. The van der Waals surface area contributed by atoms with E-state index in [-0.39, 0.29) is 11.7 Å². The van der Waals surface area contributed by atoms with Gasteiger partial charge in [-0.05, 0) is 41.0 Å². The van der Waals surface area contributed by atoms with Gasteiger partial charge in [0, 0.05) is 36.3 Å². The summed E-state index contributed by atoms with van der Waals surface area (Å²) >= 11 is 3.45. The Bertz CT molecular complexity index is 761. The monoisotopic (exact) mass is 407 g/mol. The van der Waals surface area contributed by atoms with Gasteiger partial charge in [-0.2, -0.15) is 4.98 Å². The number of nitrogens with zero attached hydrogens (tertiary/aromatic N) is 3. The zero-order chi connectivity index (χ0) is 18.0. The van der Waals surface area contributed by atoms with Crippen LogP contribution in [0.2, 0.25) is 6.82 Å². The SMILES string of the molecule is CB(O)N1CCN(c2ccc(Br)c(NC(=O)c3coc(N)n3)c2)CC1. The Hall–Kier alpha value is -2.04. The molecule has 10 heteroatoms. The summed E-state index contributed by atoms with van der Waals surface area (Å²) in [7, 11) is -0.434. The van der Waals surface area contributed by atoms with Crippen LogP contribution in [-0.4, -0.2) is 54.0 Å². The third kappa shape index (κ3) is 4.14. The van der Waals surface area contributed by atoms with Crippen LogP contribution in [-0.2, 0) is 0 Å². The Labute approximate surface area is 154 Å². The van der Waals surface area contributed by atoms with Crippen molar-refractivity contribution < 1.29 is 14.2 Å². The van der Waals surface area contributed by atoms with E-state index >= 15 is 0 Å². The highest BCUT2D eigenvalue weighted by Crippen LogP contribution is 2.29. The first-order valence-electron chi connectivity index (χ1n) is 7.93. The molecule has 132 valence electrons. The van der Waals surface area contributed by atoms with Crippen molar-refractivity contribution in [1.82, 2.24) is 9.79 Å². The predicted octanol–water partition coefficient (Wildman–Crippen LogP) is 1.50. The molecule has 0 unspecified atom stereocenters. The van der Waals surface area contributed by atoms with Crippen molar-refractivity contribution in [3.63, 3.8) is 0 Å². The maximum absolute atomic E-state index is 12.2. The minimum atomic E-state index is -0.434. The number of nitrogens with one attached hydrogen (secondary N) is 1. The molecule has 1 aliphatic rings. The maximum Gasteiger partial charge on any atom is 0.376 e. The second-order valence-corrected chi connectivity index (χ2v) is 6.70. The summed E-state index contributed by atoms with van der Waals surface area (Å²) in [6.07, 6.45) is 1.22. The van der Waals surface area contributed by atoms with Crippen molar-refractivity contribution in [1.29, 1.82) is 0 Å². The van der Waals surface area contributed by atoms with Gasteiger partial charge in [0.1, 0.15) is 6.26 Å². The van der Waals surface area contributed by atoms with Crippen molar-refractivity contribution in [2.24, 2.45) is 0 Å². The lowest BCUT2D eigenvalue weighted by Gasteiger charge is -2.36. The molecular weight excluding hydrogens is 389 g/mol. The zero-order valence-corrected chi connectivity index (χ0v) is 15.4. The minimum absolute atomic E-state index is 0.0473. The summed E-state index contributed by atoms with van der Waals surface area (Å²) in [6, 6.07) is 5.74. The predicted molar refractivity (Wildman–Crippen MR) is 101 cm³/mol. The standard InChI is InChI=1S/C15H19BBrN5O3/c1-16(24)22-6-4-21(5-7-22)10-2-3-11(17)12(8-10)19-14(23)13-9-25-15(18)20-13/h2-3,8-9,24H,4-7H2,1H3,(H2,18,20)(H,19,23). The molecule has 2 heterocycles. The van der Waals surface area contributed by atoms with Crippen LogP contribution >= 0.6 is 15.9 Å². The molecule has 0 spiro atoms. The maximum atomic E-state index is 12.2. The van der Waals surface area contributed by atoms with Crippen LogP contribution in [0.4, 0.5) is 17.4 Å². The number of anilines is 3. The summed E-state index contributed by atoms with van der Waals surface area (Å²) in [4.78, 5) is 20.3. The van der Waals surface area contributed by atoms with Crippen LogP contribution in [0.15, 0.2) is 33.4 Å². The third-order valence-corrected chi connectivity index (χ3v) is 4.85. The lowest BCUT2D eigenvalue weighted by Crippen LogP contribution is -2.51. The van der Waals surface area contributed by atoms with E-state index in [4.69, 9.17) is 10.2 Å². The lowest BCUT2D eigenvalue weighted by atomic mass is 9.84. The second-order valence-electron chi connectivity index (χ2n) is 5.84. The van der Waals surface area contributed by atoms with Gasteiger partial charge < -0.3 is 30.2 Å². The molecule has 0 saturated carbocycles. The summed E-state index contributed by atoms with van der Waals surface area (Å²) in [5.41, 5.74) is 7.17. The molecule has 0 bridgehead atoms. The molecule has 8 nitrogen and oxygen atoms in total. The largest absolute Gasteiger partial charge is 0.437 e. The molecular formula is C15H19BBrN5O3. The Morgan fingerprint density at radius 3 is 2.72 bits per heavy atom. The van der Waals surface area contributed by atoms with Crippen molar-refractivity contribution in [3.8, 4) is 0 Å². The number of benzene rings is 1. The number of hydrogen-bond donors (Lipinski definition) is 3. The molecule has 4 N–H and O–H groups in total. The second kappa shape index (κ2) is 7.46. The first-order valence-corrected chi connectivity index (χ1v) is 8.72. The number of carbonyl (C=O) groups is 1. The minimum Gasteiger partial charge on any atom is -0.437 e. The Balaban J connectivity index is 1.71. The van der Waals surface area contributed by atoms with Gasteiger partial charge in [0.15, 0.2) is 5.69 Å². The van der Waals surface area contributed by atoms with E-state index in [1.165, 1.54) is 6.26 Å². The smallest absolute Gasteiger partial charge is 0.376 e. The van der Waals surface area contributed by atoms with Crippen LogP contribution < -0.4 is 16.0 Å². The summed E-state index contributed by atoms with van der Waals surface area (Å²) in [6.45, 7) is 4.96. The molecule has 1 saturated heterocycles. The number of nitrogen functional groups attached to an aromatic ring is 1. The van der Waals surface area contributed by atoms with E-state index in [9.17, 15) is 9.82 Å². The first-order chi connectivity index (χ1) is 11.9. The first kappa shape index (κ1) is 17.8. The van der Waals surface area contributed by atoms with Crippen LogP contribution in [0.1, 0.15) is 10.5 Å². The summed E-state index contributed by atoms with van der Waals surface area (Å²) < 4.78 is 5.63. The van der Waals surface area contributed by atoms with E-state index in [1.54, 1.807) is 6.82 Å². The van der Waals surface area contributed by atoms with E-state index < -0.39 is 13.0 Å². The van der Waals surface area contributed by atoms with Crippen molar-refractivity contribution in [2.75, 3.05) is 42.1 Å². The summed E-state index contributed by atoms with van der Waals surface area (Å²) in [5.74, 6) is -0.391. The average Bonchev–Trinajstić information content (AvgIpc) is 3.03. The van der Waals surface area contributed by atoms with Crippen LogP contribution in [0.3, 0.4) is 0 Å². The highest BCUT2D eigenvalue weighted by atomic mass is 79.9. The van der Waals surface area contributed by atoms with Crippen molar-refractivity contribution >= 4 is 46.3 Å². The van der Waals surface area contributed by atoms with Crippen molar-refractivity contribution in [2.45, 2.75) is 6.82 Å². The number of aromatic nitrogens is 1. The molecule has 1 aromatic carbocycles. The van der Waals surface area contributed by atoms with Crippen LogP contribution in [0.25, 0.3) is 0 Å². The number of hydrogen-bond acceptors (Lipinski definition) is 7. The summed E-state index contributed by atoms with van der Waals surface area (Å²) in [5, 5.41) is 12.5. The van der Waals surface area contributed by atoms with Gasteiger partial charge in [-0.15, -0.1) is 0 Å². The number of halogens is 1. The number of carbonyl (C=O) groups excluding carboxylic acids is 1. The van der Waals surface area contributed by atoms with Crippen molar-refractivity contribution in [3.05, 3.63) is 34.6 Å². The van der Waals surface area contributed by atoms with Gasteiger partial charge in [0.25, 0.3) is 11.9 Å². The Morgan fingerprint density at radius 2 is 2.12 bits per heavy atom. The fourth-order valence-electron chi connectivity index (χ4n) is 2.74. The van der Waals surface area contributed by atoms with Crippen LogP contribution in [0.5, 0.6) is 0 Å². The van der Waals surface area contributed by atoms with Gasteiger partial charge in [-0.1, -0.05) is 0 Å². The molecule has 25 heavy (non-hydrogen) atoms. The highest BCUT2D eigenvalue weighted by molar-refractivity contribution is 9.10. The molecule has 1 aliphatic heterocycles. The van der Waals surface area contributed by atoms with E-state index in [1.807, 2.05) is 23.0 Å². The normalized spacial score (nSPS) is 15.2. The number of amides is 1. The van der Waals surface area contributed by atoms with Crippen LogP contribution in [0, 0.1) is 0 Å². The third-order valence-electron chi connectivity index (χ3n) is 4.16. The number of nitrogens with two attached hydrogens (primary N) is 1. The fourth-order valence-corrected chi connectivity index (χ4v) is 3.08. The average molecular weight is 408 g/mol. The van der Waals surface area contributed by atoms with Gasteiger partial charge >= 0.3 is 7.05 Å². The lowest BCUT2D eigenvalue weighted by molar-refractivity contribution is 0.102. The van der Waals surface area contributed by atoms with Gasteiger partial charge in [-0.25, -0.2) is 0 Å². The van der Waals surface area contributed by atoms with E-state index in [2.05, 4.69) is 31.1 Å². The van der Waals surface area contributed by atoms with E-state index in [0.29, 0.717) is 5.69 Å². The molecule has 0 aliphatic carbocycles. The Kier molecular flexibility index (Phi) is 5.31. The van der Waals surface area contributed by atoms with Gasteiger partial charge in [0.05, 0.1) is 5.69 Å². The molecule has 1 fully saturated rings. The molecule has 3 rings (SSSR count). The molecule has 0 atom stereocenters. The van der Waals surface area contributed by atoms with E-state index in [0.717, 1.165) is 36.3 Å². The Morgan fingerprint density at radius 1 is 1.40 bits per heavy atom. The number of oxazole rings is 1. The molecule has 1 amide bonds. The molecule has 0 radical (unpaired) electrons. The number of rotatable bonds is 4.